The number of H-pyrrole nitrogens is 1. The summed E-state index contributed by atoms with van der Waals surface area (Å²) in [5, 5.41) is 2.32. The number of likely N-dealkylation sites (N-methyl/N-ethyl adjacent to an activating group) is 1. The molecular formula is C21H25F2N5O. The van der Waals surface area contributed by atoms with Crippen molar-refractivity contribution in [2.45, 2.75) is 36.9 Å². The van der Waals surface area contributed by atoms with E-state index in [1.165, 1.54) is 25.0 Å². The van der Waals surface area contributed by atoms with Crippen LogP contribution in [-0.2, 0) is 0 Å². The highest BCUT2D eigenvalue weighted by Crippen LogP contribution is 2.46. The maximum absolute atomic E-state index is 14.1. The maximum atomic E-state index is 14.1. The molecule has 6 rings (SSSR count). The summed E-state index contributed by atoms with van der Waals surface area (Å²) in [5.41, 5.74) is 4.45. The van der Waals surface area contributed by atoms with Crippen molar-refractivity contribution >= 4 is 16.8 Å². The van der Waals surface area contributed by atoms with Gasteiger partial charge in [-0.3, -0.25) is 15.1 Å². The second kappa shape index (κ2) is 6.00. The molecule has 6 nitrogen and oxygen atoms in total. The summed E-state index contributed by atoms with van der Waals surface area (Å²) < 4.78 is 36.9. The number of piperazine rings is 1. The number of carbonyl (C=O) groups excluding carboxylic acids is 1. The van der Waals surface area contributed by atoms with Crippen LogP contribution in [-0.4, -0.2) is 76.5 Å². The summed E-state index contributed by atoms with van der Waals surface area (Å²) >= 11 is 0. The molecule has 8 heteroatoms. The topological polar surface area (TPSA) is 54.6 Å². The average molecular weight is 402 g/mol. The monoisotopic (exact) mass is 402 g/mol. The number of nitrogens with zero attached hydrogens (tertiary/aromatic N) is 3. The number of benzene rings is 1. The number of aromatic amines is 1. The van der Waals surface area contributed by atoms with Crippen LogP contribution < -0.4 is 5.43 Å². The number of nitrogens with one attached hydrogen (secondary N) is 2. The van der Waals surface area contributed by atoms with Gasteiger partial charge in [0.2, 0.25) is 0 Å². The Kier molecular flexibility index (Phi) is 3.46. The van der Waals surface area contributed by atoms with Crippen LogP contribution in [0.2, 0.25) is 0 Å². The van der Waals surface area contributed by atoms with Crippen LogP contribution in [0.4, 0.5) is 8.78 Å². The predicted octanol–water partition coefficient (Wildman–Crippen LogP) is 1.94. The molecule has 3 atom stereocenters. The van der Waals surface area contributed by atoms with Crippen LogP contribution in [0, 0.1) is 17.5 Å². The zero-order chi connectivity index (χ0) is 20.8. The lowest BCUT2D eigenvalue weighted by Crippen LogP contribution is -2.60. The van der Waals surface area contributed by atoms with Gasteiger partial charge >= 0.3 is 0 Å². The molecule has 3 saturated heterocycles. The third-order valence-electron chi connectivity index (χ3n) is 7.39. The van der Waals surface area contributed by atoms with Crippen molar-refractivity contribution in [2.24, 2.45) is 5.89 Å². The van der Waals surface area contributed by atoms with Crippen LogP contribution in [0.15, 0.2) is 18.2 Å². The number of halogens is 2. The minimum atomic E-state index is -0.951. The van der Waals surface area contributed by atoms with E-state index in [4.69, 9.17) is 0 Å². The summed E-state index contributed by atoms with van der Waals surface area (Å²) in [4.78, 5) is 20.2. The Morgan fingerprint density at radius 2 is 2.14 bits per heavy atom. The first-order valence-electron chi connectivity index (χ1n) is 10.8. The number of rotatable bonds is 1. The zero-order valence-corrected chi connectivity index (χ0v) is 16.3. The molecule has 1 amide bonds. The van der Waals surface area contributed by atoms with Gasteiger partial charge in [-0.15, -0.1) is 0 Å². The lowest BCUT2D eigenvalue weighted by Gasteiger charge is -2.44. The molecular weight excluding hydrogens is 376 g/mol. The Morgan fingerprint density at radius 3 is 2.93 bits per heavy atom. The van der Waals surface area contributed by atoms with Crippen molar-refractivity contribution in [1.29, 1.82) is 0 Å². The summed E-state index contributed by atoms with van der Waals surface area (Å²) in [7, 11) is 2.14. The van der Waals surface area contributed by atoms with E-state index in [9.17, 15) is 14.9 Å². The van der Waals surface area contributed by atoms with Crippen LogP contribution in [0.25, 0.3) is 10.9 Å². The van der Waals surface area contributed by atoms with E-state index in [0.29, 0.717) is 25.0 Å². The van der Waals surface area contributed by atoms with Gasteiger partial charge in [-0.2, -0.15) is 0 Å². The fraction of sp³-hybridized carbons (Fsp3) is 0.571. The van der Waals surface area contributed by atoms with E-state index >= 15 is 0 Å². The zero-order valence-electron chi connectivity index (χ0n) is 17.3. The number of fused-ring (bicyclic) bond motifs is 4. The molecule has 1 aromatic carbocycles. The molecule has 1 spiro atoms. The summed E-state index contributed by atoms with van der Waals surface area (Å²) in [6.45, 7) is 2.58. The number of piperidine rings is 1. The van der Waals surface area contributed by atoms with Gasteiger partial charge in [-0.25, -0.2) is 13.8 Å². The molecule has 0 bridgehead atoms. The molecule has 29 heavy (non-hydrogen) atoms. The summed E-state index contributed by atoms with van der Waals surface area (Å²) in [6, 6.07) is 3.90. The van der Waals surface area contributed by atoms with Crippen LogP contribution in [0.3, 0.4) is 0 Å². The molecule has 0 radical (unpaired) electrons. The van der Waals surface area contributed by atoms with E-state index in [2.05, 4.69) is 27.4 Å². The minimum Gasteiger partial charge on any atom is -0.350 e. The van der Waals surface area contributed by atoms with E-state index < -0.39 is 17.5 Å². The lowest BCUT2D eigenvalue weighted by molar-refractivity contribution is 0.0164. The number of hydrogen-bond donors (Lipinski definition) is 2. The average Bonchev–Trinajstić information content (AvgIpc) is 3.26. The number of amides is 1. The highest BCUT2D eigenvalue weighted by Gasteiger charge is 2.57. The second-order valence-electron chi connectivity index (χ2n) is 9.03. The largest absolute Gasteiger partial charge is 0.350 e. The van der Waals surface area contributed by atoms with Crippen molar-refractivity contribution < 1.29 is 14.9 Å². The Morgan fingerprint density at radius 1 is 1.31 bits per heavy atom. The van der Waals surface area contributed by atoms with E-state index in [1.54, 1.807) is 4.90 Å². The minimum absolute atomic E-state index is 0.0168. The van der Waals surface area contributed by atoms with Gasteiger partial charge in [0.1, 0.15) is 5.69 Å². The van der Waals surface area contributed by atoms with Gasteiger partial charge in [0.05, 0.1) is 0 Å². The normalized spacial score (nSPS) is 34.3. The maximum Gasteiger partial charge on any atom is 0.270 e. The third-order valence-corrected chi connectivity index (χ3v) is 7.39. The highest BCUT2D eigenvalue weighted by molar-refractivity contribution is 5.98. The van der Waals surface area contributed by atoms with Crippen molar-refractivity contribution in [3.05, 3.63) is 35.5 Å². The molecule has 1 aliphatic carbocycles. The number of carbonyl (C=O) groups is 1. The SMILES string of the molecule is [2H]C12CN(C(=O)c3cc4c(F)c(F)ccc4[nH]3)CCC1NN1CC3(CC3)N(C)CC12. The molecule has 2 aromatic rings. The van der Waals surface area contributed by atoms with Crippen LogP contribution >= 0.6 is 0 Å². The molecule has 2 N–H and O–H groups in total. The molecule has 4 heterocycles. The Balaban J connectivity index is 1.26. The quantitative estimate of drug-likeness (QED) is 0.766. The smallest absolute Gasteiger partial charge is 0.270 e. The van der Waals surface area contributed by atoms with Gasteiger partial charge in [0.25, 0.3) is 5.91 Å². The van der Waals surface area contributed by atoms with Gasteiger partial charge in [0, 0.05) is 62.0 Å². The van der Waals surface area contributed by atoms with Gasteiger partial charge in [-0.1, -0.05) is 0 Å². The van der Waals surface area contributed by atoms with E-state index in [1.807, 2.05) is 0 Å². The third kappa shape index (κ3) is 2.59. The van der Waals surface area contributed by atoms with Crippen LogP contribution in [0.5, 0.6) is 0 Å². The van der Waals surface area contributed by atoms with E-state index in [0.717, 1.165) is 19.2 Å². The summed E-state index contributed by atoms with van der Waals surface area (Å²) in [6.07, 6.45) is 3.10. The second-order valence-corrected chi connectivity index (χ2v) is 9.03. The number of hydrazine groups is 1. The number of aromatic nitrogens is 1. The van der Waals surface area contributed by atoms with Gasteiger partial charge < -0.3 is 9.88 Å². The molecule has 3 aliphatic heterocycles. The standard InChI is InChI=1S/C21H25F2N5O/c1-26-10-18-13-9-27(7-4-16(13)25-28(18)11-21(26)5-6-21)20(29)17-8-12-15(24-17)3-2-14(22)19(12)23/h2-3,8,13,16,18,24-25H,4-7,9-11H2,1H3/i13D. The molecule has 4 aliphatic rings. The summed E-state index contributed by atoms with van der Waals surface area (Å²) in [5.74, 6) is -2.95. The van der Waals surface area contributed by atoms with Crippen molar-refractivity contribution in [3.63, 3.8) is 0 Å². The Bertz CT molecular complexity index is 1060. The van der Waals surface area contributed by atoms with Crippen molar-refractivity contribution in [1.82, 2.24) is 25.2 Å². The molecule has 4 fully saturated rings. The first kappa shape index (κ1) is 16.7. The van der Waals surface area contributed by atoms with Crippen molar-refractivity contribution in [2.75, 3.05) is 33.2 Å². The number of likely N-dealkylation sites (tertiary alicyclic amines) is 1. The Labute approximate surface area is 169 Å². The molecule has 1 aromatic heterocycles. The molecule has 3 unspecified atom stereocenters. The fourth-order valence-electron chi connectivity index (χ4n) is 5.40. The first-order chi connectivity index (χ1) is 14.3. The van der Waals surface area contributed by atoms with Crippen LogP contribution in [0.1, 0.15) is 31.1 Å². The highest BCUT2D eigenvalue weighted by atomic mass is 19.2. The van der Waals surface area contributed by atoms with Crippen molar-refractivity contribution in [3.8, 4) is 0 Å². The molecule has 1 saturated carbocycles. The fourth-order valence-corrected chi connectivity index (χ4v) is 5.40. The van der Waals surface area contributed by atoms with E-state index in [-0.39, 0.29) is 34.6 Å². The van der Waals surface area contributed by atoms with Gasteiger partial charge in [-0.05, 0) is 44.5 Å². The number of hydrogen-bond acceptors (Lipinski definition) is 4. The van der Waals surface area contributed by atoms with Gasteiger partial charge in [0.15, 0.2) is 11.6 Å². The predicted molar refractivity (Wildman–Crippen MR) is 104 cm³/mol. The Hall–Kier alpha value is -2.03. The first-order valence-corrected chi connectivity index (χ1v) is 10.3. The molecule has 154 valence electrons. The lowest BCUT2D eigenvalue weighted by atomic mass is 9.86.